The number of nitrogens with one attached hydrogen (secondary N) is 1. The number of halogens is 1. The molecule has 0 fully saturated rings. The molecule has 0 aliphatic carbocycles. The highest BCUT2D eigenvalue weighted by atomic mass is 32.1. The maximum atomic E-state index is 13.1. The van der Waals surface area contributed by atoms with Gasteiger partial charge in [-0.05, 0) is 43.2 Å². The Kier molecular flexibility index (Phi) is 4.71. The van der Waals surface area contributed by atoms with E-state index in [1.807, 2.05) is 24.5 Å². The molecule has 3 rings (SSSR count). The Labute approximate surface area is 143 Å². The molecular weight excluding hydrogens is 327 g/mol. The number of aryl methyl sites for hydroxylation is 2. The summed E-state index contributed by atoms with van der Waals surface area (Å²) in [5, 5.41) is 10.7. The summed E-state index contributed by atoms with van der Waals surface area (Å²) < 4.78 is 14.9. The van der Waals surface area contributed by atoms with Gasteiger partial charge >= 0.3 is 0 Å². The normalized spacial score (nSPS) is 10.8. The minimum atomic E-state index is -0.272. The van der Waals surface area contributed by atoms with Gasteiger partial charge in [0.2, 0.25) is 0 Å². The standard InChI is InChI=1S/C17H17FN4OS/c1-3-22-10-20-21-15(22)9-19-17(23)14-8-11(2)16(24-14)12-4-6-13(18)7-5-12/h4-8,10H,3,9H2,1-2H3,(H,19,23). The van der Waals surface area contributed by atoms with Crippen molar-refractivity contribution >= 4 is 17.2 Å². The van der Waals surface area contributed by atoms with Gasteiger partial charge in [0.1, 0.15) is 12.1 Å². The first-order valence-corrected chi connectivity index (χ1v) is 8.41. The topological polar surface area (TPSA) is 59.8 Å². The van der Waals surface area contributed by atoms with Gasteiger partial charge in [0.15, 0.2) is 5.82 Å². The number of hydrogen-bond donors (Lipinski definition) is 1. The van der Waals surface area contributed by atoms with E-state index in [1.165, 1.54) is 23.5 Å². The van der Waals surface area contributed by atoms with Crippen LogP contribution >= 0.6 is 11.3 Å². The number of amides is 1. The number of benzene rings is 1. The second kappa shape index (κ2) is 6.92. The molecule has 0 aliphatic heterocycles. The van der Waals surface area contributed by atoms with Crippen LogP contribution in [0.4, 0.5) is 4.39 Å². The lowest BCUT2D eigenvalue weighted by Crippen LogP contribution is -2.23. The van der Waals surface area contributed by atoms with Crippen molar-refractivity contribution in [2.75, 3.05) is 0 Å². The molecule has 3 aromatic rings. The summed E-state index contributed by atoms with van der Waals surface area (Å²) >= 11 is 1.40. The van der Waals surface area contributed by atoms with Gasteiger partial charge in [-0.3, -0.25) is 4.79 Å². The van der Waals surface area contributed by atoms with Gasteiger partial charge in [-0.1, -0.05) is 12.1 Å². The zero-order valence-corrected chi connectivity index (χ0v) is 14.2. The van der Waals surface area contributed by atoms with Crippen molar-refractivity contribution in [1.82, 2.24) is 20.1 Å². The number of nitrogens with zero attached hydrogens (tertiary/aromatic N) is 3. The van der Waals surface area contributed by atoms with E-state index in [1.54, 1.807) is 18.5 Å². The Morgan fingerprint density at radius 2 is 2.08 bits per heavy atom. The van der Waals surface area contributed by atoms with Crippen LogP contribution in [-0.2, 0) is 13.1 Å². The molecule has 1 N–H and O–H groups in total. The molecule has 1 amide bonds. The first-order valence-electron chi connectivity index (χ1n) is 7.59. The molecule has 0 saturated heterocycles. The quantitative estimate of drug-likeness (QED) is 0.772. The summed E-state index contributed by atoms with van der Waals surface area (Å²) in [6.07, 6.45) is 1.64. The van der Waals surface area contributed by atoms with Crippen molar-refractivity contribution in [3.05, 3.63) is 58.7 Å². The van der Waals surface area contributed by atoms with Crippen LogP contribution in [-0.4, -0.2) is 20.7 Å². The second-order valence-electron chi connectivity index (χ2n) is 5.35. The molecule has 0 radical (unpaired) electrons. The number of rotatable bonds is 5. The van der Waals surface area contributed by atoms with Crippen molar-refractivity contribution in [2.45, 2.75) is 26.9 Å². The molecule has 1 aromatic carbocycles. The number of carbonyl (C=O) groups excluding carboxylic acids is 1. The van der Waals surface area contributed by atoms with Crippen molar-refractivity contribution in [1.29, 1.82) is 0 Å². The molecule has 5 nitrogen and oxygen atoms in total. The SMILES string of the molecule is CCn1cnnc1CNC(=O)c1cc(C)c(-c2ccc(F)cc2)s1. The Hall–Kier alpha value is -2.54. The molecule has 0 spiro atoms. The molecule has 2 heterocycles. The fourth-order valence-electron chi connectivity index (χ4n) is 2.41. The van der Waals surface area contributed by atoms with E-state index in [4.69, 9.17) is 0 Å². The Bertz CT molecular complexity index is 854. The van der Waals surface area contributed by atoms with Crippen molar-refractivity contribution in [2.24, 2.45) is 0 Å². The van der Waals surface area contributed by atoms with E-state index < -0.39 is 0 Å². The Morgan fingerprint density at radius 1 is 1.33 bits per heavy atom. The van der Waals surface area contributed by atoms with Crippen LogP contribution in [0.15, 0.2) is 36.7 Å². The maximum Gasteiger partial charge on any atom is 0.261 e. The zero-order chi connectivity index (χ0) is 17.1. The van der Waals surface area contributed by atoms with Crippen LogP contribution < -0.4 is 5.32 Å². The van der Waals surface area contributed by atoms with Crippen LogP contribution in [0.3, 0.4) is 0 Å². The summed E-state index contributed by atoms with van der Waals surface area (Å²) in [5.41, 5.74) is 1.90. The highest BCUT2D eigenvalue weighted by Gasteiger charge is 2.14. The van der Waals surface area contributed by atoms with Gasteiger partial charge in [0.25, 0.3) is 5.91 Å². The predicted molar refractivity (Wildman–Crippen MR) is 91.3 cm³/mol. The maximum absolute atomic E-state index is 13.1. The minimum absolute atomic E-state index is 0.151. The summed E-state index contributed by atoms with van der Waals surface area (Å²) in [7, 11) is 0. The third-order valence-corrected chi connectivity index (χ3v) is 4.98. The van der Waals surface area contributed by atoms with Gasteiger partial charge in [0, 0.05) is 11.4 Å². The Morgan fingerprint density at radius 3 is 2.79 bits per heavy atom. The van der Waals surface area contributed by atoms with Crippen molar-refractivity contribution in [3.8, 4) is 10.4 Å². The van der Waals surface area contributed by atoms with Gasteiger partial charge in [0.05, 0.1) is 11.4 Å². The lowest BCUT2D eigenvalue weighted by atomic mass is 10.1. The van der Waals surface area contributed by atoms with Crippen LogP contribution in [0.25, 0.3) is 10.4 Å². The van der Waals surface area contributed by atoms with Gasteiger partial charge in [-0.2, -0.15) is 0 Å². The summed E-state index contributed by atoms with van der Waals surface area (Å²) in [5.74, 6) is 0.297. The fourth-order valence-corrected chi connectivity index (χ4v) is 3.50. The van der Waals surface area contributed by atoms with E-state index in [-0.39, 0.29) is 11.7 Å². The molecule has 0 unspecified atom stereocenters. The monoisotopic (exact) mass is 344 g/mol. The summed E-state index contributed by atoms with van der Waals surface area (Å²) in [6, 6.07) is 8.14. The third-order valence-electron chi connectivity index (χ3n) is 3.69. The van der Waals surface area contributed by atoms with Crippen LogP contribution in [0.5, 0.6) is 0 Å². The van der Waals surface area contributed by atoms with E-state index in [2.05, 4.69) is 15.5 Å². The first-order chi connectivity index (χ1) is 11.6. The van der Waals surface area contributed by atoms with Gasteiger partial charge < -0.3 is 9.88 Å². The van der Waals surface area contributed by atoms with E-state index >= 15 is 0 Å². The van der Waals surface area contributed by atoms with Crippen LogP contribution in [0.1, 0.15) is 28.0 Å². The van der Waals surface area contributed by atoms with Gasteiger partial charge in [-0.25, -0.2) is 4.39 Å². The molecule has 124 valence electrons. The summed E-state index contributed by atoms with van der Waals surface area (Å²) in [6.45, 7) is 5.02. The molecular formula is C17H17FN4OS. The molecule has 24 heavy (non-hydrogen) atoms. The number of aromatic nitrogens is 3. The number of hydrogen-bond acceptors (Lipinski definition) is 4. The van der Waals surface area contributed by atoms with Crippen LogP contribution in [0, 0.1) is 12.7 Å². The predicted octanol–water partition coefficient (Wildman–Crippen LogP) is 3.40. The highest BCUT2D eigenvalue weighted by Crippen LogP contribution is 2.32. The van der Waals surface area contributed by atoms with E-state index in [9.17, 15) is 9.18 Å². The van der Waals surface area contributed by atoms with Crippen molar-refractivity contribution in [3.63, 3.8) is 0 Å². The second-order valence-corrected chi connectivity index (χ2v) is 6.40. The third kappa shape index (κ3) is 3.35. The molecule has 0 aliphatic rings. The molecule has 2 aromatic heterocycles. The largest absolute Gasteiger partial charge is 0.344 e. The molecule has 0 bridgehead atoms. The summed E-state index contributed by atoms with van der Waals surface area (Å²) in [4.78, 5) is 14.0. The van der Waals surface area contributed by atoms with Gasteiger partial charge in [-0.15, -0.1) is 21.5 Å². The lowest BCUT2D eigenvalue weighted by Gasteiger charge is -2.04. The fraction of sp³-hybridized carbons (Fsp3) is 0.235. The smallest absolute Gasteiger partial charge is 0.261 e. The molecule has 7 heteroatoms. The van der Waals surface area contributed by atoms with E-state index in [0.717, 1.165) is 28.4 Å². The zero-order valence-electron chi connectivity index (χ0n) is 13.4. The minimum Gasteiger partial charge on any atom is -0.344 e. The average Bonchev–Trinajstić information content (AvgIpc) is 3.19. The number of carbonyl (C=O) groups is 1. The molecule has 0 atom stereocenters. The Balaban J connectivity index is 1.74. The van der Waals surface area contributed by atoms with E-state index in [0.29, 0.717) is 11.4 Å². The highest BCUT2D eigenvalue weighted by molar-refractivity contribution is 7.17. The average molecular weight is 344 g/mol. The molecule has 0 saturated carbocycles. The lowest BCUT2D eigenvalue weighted by molar-refractivity contribution is 0.0953. The van der Waals surface area contributed by atoms with Crippen molar-refractivity contribution < 1.29 is 9.18 Å². The number of thiophene rings is 1. The first kappa shape index (κ1) is 16.3. The van der Waals surface area contributed by atoms with Crippen LogP contribution in [0.2, 0.25) is 0 Å².